The molecule has 0 aliphatic carbocycles. The molecule has 1 heterocycles. The summed E-state index contributed by atoms with van der Waals surface area (Å²) < 4.78 is 0. The Morgan fingerprint density at radius 1 is 0.737 bits per heavy atom. The number of benzene rings is 2. The molecule has 0 nitrogen and oxygen atoms in total. The van der Waals surface area contributed by atoms with Crippen molar-refractivity contribution >= 4 is 21.6 Å². The Morgan fingerprint density at radius 2 is 1.26 bits per heavy atom. The Balaban J connectivity index is 0.000000224. The van der Waals surface area contributed by atoms with Gasteiger partial charge in [-0.1, -0.05) is 88.3 Å². The van der Waals surface area contributed by atoms with Gasteiger partial charge in [-0.25, -0.2) is 0 Å². The van der Waals surface area contributed by atoms with Crippen LogP contribution in [0.1, 0.15) is 11.1 Å². The van der Waals surface area contributed by atoms with E-state index in [1.165, 1.54) is 16.9 Å². The minimum Gasteiger partial charge on any atom is -0.0854 e. The topological polar surface area (TPSA) is 0 Å². The van der Waals surface area contributed by atoms with Gasteiger partial charge in [-0.15, -0.1) is 0 Å². The van der Waals surface area contributed by atoms with Gasteiger partial charge in [0.25, 0.3) is 0 Å². The first kappa shape index (κ1) is 14.3. The van der Waals surface area contributed by atoms with Crippen LogP contribution in [0.5, 0.6) is 0 Å². The van der Waals surface area contributed by atoms with Crippen LogP contribution < -0.4 is 0 Å². The molecule has 0 N–H and O–H groups in total. The zero-order valence-electron chi connectivity index (χ0n) is 10.9. The number of hydrogen-bond acceptors (Lipinski definition) is 2. The SMILES string of the molecule is C1=CSSC1.c1ccc(CCc2ccccc2)cc1. The van der Waals surface area contributed by atoms with Gasteiger partial charge in [0.05, 0.1) is 0 Å². The fraction of sp³-hybridized carbons (Fsp3) is 0.176. The summed E-state index contributed by atoms with van der Waals surface area (Å²) >= 11 is 0. The largest absolute Gasteiger partial charge is 0.0854 e. The maximum Gasteiger partial charge on any atom is 0.0229 e. The van der Waals surface area contributed by atoms with Gasteiger partial charge in [-0.3, -0.25) is 0 Å². The van der Waals surface area contributed by atoms with E-state index < -0.39 is 0 Å². The molecule has 0 saturated heterocycles. The van der Waals surface area contributed by atoms with Crippen LogP contribution in [0.15, 0.2) is 72.1 Å². The second-order valence-corrected chi connectivity index (χ2v) is 6.54. The van der Waals surface area contributed by atoms with Crippen LogP contribution in [0, 0.1) is 0 Å². The number of aryl methyl sites for hydroxylation is 2. The van der Waals surface area contributed by atoms with Crippen LogP contribution in [0.4, 0.5) is 0 Å². The molecule has 0 aromatic heterocycles. The molecule has 0 saturated carbocycles. The van der Waals surface area contributed by atoms with E-state index in [1.54, 1.807) is 0 Å². The molecule has 2 heteroatoms. The van der Waals surface area contributed by atoms with Gasteiger partial charge in [0, 0.05) is 5.75 Å². The van der Waals surface area contributed by atoms with E-state index in [4.69, 9.17) is 0 Å². The average molecular weight is 286 g/mol. The summed E-state index contributed by atoms with van der Waals surface area (Å²) in [6.07, 6.45) is 4.42. The lowest BCUT2D eigenvalue weighted by atomic mass is 10.0. The highest BCUT2D eigenvalue weighted by Crippen LogP contribution is 2.27. The first-order chi connectivity index (χ1) is 9.45. The smallest absolute Gasteiger partial charge is 0.0229 e. The number of hydrogen-bond donors (Lipinski definition) is 0. The quantitative estimate of drug-likeness (QED) is 0.696. The summed E-state index contributed by atoms with van der Waals surface area (Å²) in [7, 11) is 3.69. The van der Waals surface area contributed by atoms with E-state index in [1.807, 2.05) is 21.6 Å². The normalized spacial score (nSPS) is 12.8. The van der Waals surface area contributed by atoms with E-state index >= 15 is 0 Å². The Hall–Kier alpha value is -1.12. The van der Waals surface area contributed by atoms with E-state index in [9.17, 15) is 0 Å². The fourth-order valence-electron chi connectivity index (χ4n) is 1.77. The Bertz CT molecular complexity index is 432. The van der Waals surface area contributed by atoms with Gasteiger partial charge in [0.15, 0.2) is 0 Å². The first-order valence-corrected chi connectivity index (χ1v) is 8.84. The Morgan fingerprint density at radius 3 is 1.58 bits per heavy atom. The predicted molar refractivity (Wildman–Crippen MR) is 89.5 cm³/mol. The maximum absolute atomic E-state index is 2.18. The molecule has 2 aromatic carbocycles. The van der Waals surface area contributed by atoms with Gasteiger partial charge in [0.1, 0.15) is 0 Å². The molecule has 0 fully saturated rings. The third kappa shape index (κ3) is 6.04. The third-order valence-corrected chi connectivity index (χ3v) is 4.69. The van der Waals surface area contributed by atoms with Crippen molar-refractivity contribution < 1.29 is 0 Å². The minimum absolute atomic E-state index is 1.13. The van der Waals surface area contributed by atoms with Crippen LogP contribution in [0.3, 0.4) is 0 Å². The van der Waals surface area contributed by atoms with E-state index in [2.05, 4.69) is 72.1 Å². The molecule has 1 aliphatic heterocycles. The zero-order valence-corrected chi connectivity index (χ0v) is 12.5. The zero-order chi connectivity index (χ0) is 13.2. The van der Waals surface area contributed by atoms with Crippen LogP contribution >= 0.6 is 21.6 Å². The van der Waals surface area contributed by atoms with E-state index in [0.29, 0.717) is 0 Å². The van der Waals surface area contributed by atoms with Crippen molar-refractivity contribution in [1.82, 2.24) is 0 Å². The molecule has 98 valence electrons. The van der Waals surface area contributed by atoms with Crippen molar-refractivity contribution in [2.45, 2.75) is 12.8 Å². The lowest BCUT2D eigenvalue weighted by molar-refractivity contribution is 0.960. The van der Waals surface area contributed by atoms with Gasteiger partial charge in [-0.05, 0) is 29.4 Å². The molecule has 0 unspecified atom stereocenters. The average Bonchev–Trinajstić information content (AvgIpc) is 3.07. The van der Waals surface area contributed by atoms with E-state index in [0.717, 1.165) is 12.8 Å². The van der Waals surface area contributed by atoms with Crippen LogP contribution in [-0.2, 0) is 12.8 Å². The molecule has 0 spiro atoms. The summed E-state index contributed by atoms with van der Waals surface area (Å²) in [4.78, 5) is 0. The maximum atomic E-state index is 2.18. The lowest BCUT2D eigenvalue weighted by Crippen LogP contribution is -1.89. The lowest BCUT2D eigenvalue weighted by Gasteiger charge is -2.01. The summed E-state index contributed by atoms with van der Waals surface area (Å²) in [6.45, 7) is 0. The Labute approximate surface area is 123 Å². The molecule has 19 heavy (non-hydrogen) atoms. The molecule has 3 rings (SSSR count). The minimum atomic E-state index is 1.13. The standard InChI is InChI=1S/C14H14.C3H4S2/c1-3-7-13(8-4-1)11-12-14-9-5-2-6-10-14;1-2-4-5-3-1/h1-10H,11-12H2;1-2H,3H2. The van der Waals surface area contributed by atoms with Crippen LogP contribution in [0.25, 0.3) is 0 Å². The van der Waals surface area contributed by atoms with Crippen molar-refractivity contribution in [3.63, 3.8) is 0 Å². The molecule has 2 aromatic rings. The molecule has 0 radical (unpaired) electrons. The van der Waals surface area contributed by atoms with Gasteiger partial charge in [-0.2, -0.15) is 0 Å². The van der Waals surface area contributed by atoms with Gasteiger partial charge in [0.2, 0.25) is 0 Å². The van der Waals surface area contributed by atoms with E-state index in [-0.39, 0.29) is 0 Å². The third-order valence-electron chi connectivity index (χ3n) is 2.77. The summed E-state index contributed by atoms with van der Waals surface area (Å²) in [6, 6.07) is 21.2. The molecular formula is C17H18S2. The van der Waals surface area contributed by atoms with Crippen molar-refractivity contribution in [3.05, 3.63) is 83.3 Å². The van der Waals surface area contributed by atoms with Gasteiger partial charge < -0.3 is 0 Å². The highest BCUT2D eigenvalue weighted by Gasteiger charge is 1.93. The highest BCUT2D eigenvalue weighted by molar-refractivity contribution is 8.78. The monoisotopic (exact) mass is 286 g/mol. The molecule has 1 aliphatic rings. The van der Waals surface area contributed by atoms with Crippen LogP contribution in [0.2, 0.25) is 0 Å². The fourth-order valence-corrected chi connectivity index (χ4v) is 3.35. The molecular weight excluding hydrogens is 268 g/mol. The first-order valence-electron chi connectivity index (χ1n) is 6.46. The molecule has 0 amide bonds. The van der Waals surface area contributed by atoms with Crippen molar-refractivity contribution in [2.24, 2.45) is 0 Å². The summed E-state index contributed by atoms with van der Waals surface area (Å²) in [5.41, 5.74) is 2.83. The van der Waals surface area contributed by atoms with Crippen molar-refractivity contribution in [3.8, 4) is 0 Å². The predicted octanol–water partition coefficient (Wildman–Crippen LogP) is 5.37. The molecule has 0 atom stereocenters. The number of rotatable bonds is 3. The second kappa shape index (κ2) is 8.89. The van der Waals surface area contributed by atoms with Gasteiger partial charge >= 0.3 is 0 Å². The highest BCUT2D eigenvalue weighted by atomic mass is 33.1. The second-order valence-electron chi connectivity index (χ2n) is 4.22. The summed E-state index contributed by atoms with van der Waals surface area (Å²) in [5.74, 6) is 1.20. The van der Waals surface area contributed by atoms with Crippen LogP contribution in [-0.4, -0.2) is 5.75 Å². The Kier molecular flexibility index (Phi) is 6.69. The summed E-state index contributed by atoms with van der Waals surface area (Å²) in [5, 5.41) is 2.12. The van der Waals surface area contributed by atoms with Crippen molar-refractivity contribution in [1.29, 1.82) is 0 Å². The molecule has 0 bridgehead atoms. The van der Waals surface area contributed by atoms with Crippen molar-refractivity contribution in [2.75, 3.05) is 5.75 Å².